The number of nitrogens with two attached hydrogens (primary N) is 1. The van der Waals surface area contributed by atoms with E-state index in [0.717, 1.165) is 19.8 Å². The van der Waals surface area contributed by atoms with Crippen LogP contribution in [0.25, 0.3) is 0 Å². The highest BCUT2D eigenvalue weighted by atomic mass is 15.3. The Morgan fingerprint density at radius 3 is 2.63 bits per heavy atom. The van der Waals surface area contributed by atoms with Gasteiger partial charge in [0.15, 0.2) is 5.82 Å². The van der Waals surface area contributed by atoms with Crippen LogP contribution >= 0.6 is 0 Å². The Bertz CT molecular complexity index is 420. The molecule has 0 radical (unpaired) electrons. The van der Waals surface area contributed by atoms with Crippen molar-refractivity contribution in [2.75, 3.05) is 36.1 Å². The van der Waals surface area contributed by atoms with Gasteiger partial charge in [0.25, 0.3) is 0 Å². The minimum absolute atomic E-state index is 0.0671. The standard InChI is InChI=1S/C13H24N6/c1-13(2,3)18-12-15-8-10(14)11(17-12)16-9-19-6-4-5-7-19/h8H,4-7,9,14H2,1-3H3,(H2,15,16,17,18). The molecule has 6 heteroatoms. The molecule has 2 rings (SSSR count). The van der Waals surface area contributed by atoms with Gasteiger partial charge in [0.2, 0.25) is 5.95 Å². The zero-order valence-corrected chi connectivity index (χ0v) is 12.0. The number of likely N-dealkylation sites (tertiary alicyclic amines) is 1. The quantitative estimate of drug-likeness (QED) is 0.768. The molecule has 1 fully saturated rings. The van der Waals surface area contributed by atoms with Crippen molar-refractivity contribution in [3.05, 3.63) is 6.20 Å². The predicted molar refractivity (Wildman–Crippen MR) is 79.1 cm³/mol. The molecule has 2 heterocycles. The first-order valence-electron chi connectivity index (χ1n) is 6.81. The van der Waals surface area contributed by atoms with E-state index in [2.05, 4.69) is 46.3 Å². The molecule has 1 aliphatic rings. The van der Waals surface area contributed by atoms with E-state index in [1.807, 2.05) is 0 Å². The van der Waals surface area contributed by atoms with Gasteiger partial charge in [-0.05, 0) is 46.7 Å². The molecule has 1 aromatic rings. The average Bonchev–Trinajstić information content (AvgIpc) is 2.81. The number of hydrogen-bond acceptors (Lipinski definition) is 6. The summed E-state index contributed by atoms with van der Waals surface area (Å²) >= 11 is 0. The van der Waals surface area contributed by atoms with Crippen LogP contribution in [0, 0.1) is 0 Å². The second kappa shape index (κ2) is 5.61. The van der Waals surface area contributed by atoms with Crippen LogP contribution in [0.15, 0.2) is 6.20 Å². The molecule has 0 aromatic carbocycles. The van der Waals surface area contributed by atoms with Crippen LogP contribution in [0.3, 0.4) is 0 Å². The molecule has 0 spiro atoms. The second-order valence-electron chi connectivity index (χ2n) is 6.03. The first-order valence-corrected chi connectivity index (χ1v) is 6.81. The van der Waals surface area contributed by atoms with Crippen LogP contribution in [-0.2, 0) is 0 Å². The Kier molecular flexibility index (Phi) is 4.09. The lowest BCUT2D eigenvalue weighted by Gasteiger charge is -2.21. The van der Waals surface area contributed by atoms with E-state index < -0.39 is 0 Å². The van der Waals surface area contributed by atoms with Gasteiger partial charge < -0.3 is 16.4 Å². The predicted octanol–water partition coefficient (Wildman–Crippen LogP) is 1.73. The van der Waals surface area contributed by atoms with Crippen molar-refractivity contribution in [2.45, 2.75) is 39.2 Å². The Morgan fingerprint density at radius 1 is 1.32 bits per heavy atom. The molecule has 0 atom stereocenters. The summed E-state index contributed by atoms with van der Waals surface area (Å²) in [6.07, 6.45) is 4.20. The zero-order chi connectivity index (χ0) is 13.9. The number of hydrogen-bond donors (Lipinski definition) is 3. The average molecular weight is 264 g/mol. The SMILES string of the molecule is CC(C)(C)Nc1ncc(N)c(NCN2CCCC2)n1. The molecule has 1 aromatic heterocycles. The number of aromatic nitrogens is 2. The van der Waals surface area contributed by atoms with Gasteiger partial charge in [0, 0.05) is 5.54 Å². The van der Waals surface area contributed by atoms with Crippen molar-refractivity contribution in [1.82, 2.24) is 14.9 Å². The summed E-state index contributed by atoms with van der Waals surface area (Å²) in [6, 6.07) is 0. The largest absolute Gasteiger partial charge is 0.394 e. The van der Waals surface area contributed by atoms with Crippen LogP contribution in [-0.4, -0.2) is 40.2 Å². The zero-order valence-electron chi connectivity index (χ0n) is 12.0. The van der Waals surface area contributed by atoms with Gasteiger partial charge in [-0.15, -0.1) is 0 Å². The smallest absolute Gasteiger partial charge is 0.225 e. The molecule has 0 aliphatic carbocycles. The van der Waals surface area contributed by atoms with Gasteiger partial charge >= 0.3 is 0 Å². The summed E-state index contributed by atoms with van der Waals surface area (Å²) in [7, 11) is 0. The van der Waals surface area contributed by atoms with E-state index >= 15 is 0 Å². The van der Waals surface area contributed by atoms with Crippen LogP contribution < -0.4 is 16.4 Å². The molecule has 0 bridgehead atoms. The van der Waals surface area contributed by atoms with E-state index in [4.69, 9.17) is 5.73 Å². The summed E-state index contributed by atoms with van der Waals surface area (Å²) < 4.78 is 0. The second-order valence-corrected chi connectivity index (χ2v) is 6.03. The van der Waals surface area contributed by atoms with Gasteiger partial charge in [0.05, 0.1) is 18.6 Å². The maximum Gasteiger partial charge on any atom is 0.225 e. The summed E-state index contributed by atoms with van der Waals surface area (Å²) in [5.74, 6) is 1.30. The molecule has 4 N–H and O–H groups in total. The topological polar surface area (TPSA) is 79.1 Å². The van der Waals surface area contributed by atoms with E-state index in [1.54, 1.807) is 6.20 Å². The fourth-order valence-electron chi connectivity index (χ4n) is 2.06. The maximum atomic E-state index is 5.90. The Labute approximate surface area is 114 Å². The third-order valence-corrected chi connectivity index (χ3v) is 2.97. The summed E-state index contributed by atoms with van der Waals surface area (Å²) in [6.45, 7) is 9.30. The highest BCUT2D eigenvalue weighted by molar-refractivity contribution is 5.61. The van der Waals surface area contributed by atoms with Crippen molar-refractivity contribution >= 4 is 17.5 Å². The van der Waals surface area contributed by atoms with Crippen LogP contribution in [0.4, 0.5) is 17.5 Å². The van der Waals surface area contributed by atoms with E-state index in [9.17, 15) is 0 Å². The fraction of sp³-hybridized carbons (Fsp3) is 0.692. The first kappa shape index (κ1) is 13.9. The lowest BCUT2D eigenvalue weighted by Crippen LogP contribution is -2.29. The highest BCUT2D eigenvalue weighted by Crippen LogP contribution is 2.18. The van der Waals surface area contributed by atoms with Gasteiger partial charge in [0.1, 0.15) is 0 Å². The fourth-order valence-corrected chi connectivity index (χ4v) is 2.06. The normalized spacial score (nSPS) is 16.6. The molecule has 1 saturated heterocycles. The molecular formula is C13H24N6. The monoisotopic (exact) mass is 264 g/mol. The molecule has 19 heavy (non-hydrogen) atoms. The molecule has 1 aliphatic heterocycles. The van der Waals surface area contributed by atoms with Crippen molar-refractivity contribution < 1.29 is 0 Å². The first-order chi connectivity index (χ1) is 8.94. The van der Waals surface area contributed by atoms with Crippen molar-refractivity contribution in [3.8, 4) is 0 Å². The van der Waals surface area contributed by atoms with Crippen LogP contribution in [0.5, 0.6) is 0 Å². The summed E-state index contributed by atoms with van der Waals surface area (Å²) in [5.41, 5.74) is 6.42. The van der Waals surface area contributed by atoms with Crippen LogP contribution in [0.2, 0.25) is 0 Å². The lowest BCUT2D eigenvalue weighted by atomic mass is 10.1. The molecule has 6 nitrogen and oxygen atoms in total. The van der Waals surface area contributed by atoms with E-state index in [0.29, 0.717) is 17.5 Å². The summed E-state index contributed by atoms with van der Waals surface area (Å²) in [5, 5.41) is 6.54. The van der Waals surface area contributed by atoms with E-state index in [1.165, 1.54) is 12.8 Å². The Morgan fingerprint density at radius 2 is 2.00 bits per heavy atom. The third-order valence-electron chi connectivity index (χ3n) is 2.97. The van der Waals surface area contributed by atoms with Crippen molar-refractivity contribution in [3.63, 3.8) is 0 Å². The Balaban J connectivity index is 2.00. The molecule has 0 unspecified atom stereocenters. The third kappa shape index (κ3) is 4.24. The van der Waals surface area contributed by atoms with Crippen molar-refractivity contribution in [1.29, 1.82) is 0 Å². The summed E-state index contributed by atoms with van der Waals surface area (Å²) in [4.78, 5) is 11.0. The number of anilines is 3. The van der Waals surface area contributed by atoms with Gasteiger partial charge in [-0.1, -0.05) is 0 Å². The number of nitrogen functional groups attached to an aromatic ring is 1. The minimum atomic E-state index is -0.0671. The van der Waals surface area contributed by atoms with Crippen LogP contribution in [0.1, 0.15) is 33.6 Å². The van der Waals surface area contributed by atoms with Crippen molar-refractivity contribution in [2.24, 2.45) is 0 Å². The minimum Gasteiger partial charge on any atom is -0.394 e. The van der Waals surface area contributed by atoms with Gasteiger partial charge in [-0.25, -0.2) is 4.98 Å². The lowest BCUT2D eigenvalue weighted by molar-refractivity contribution is 0.364. The number of nitrogens with one attached hydrogen (secondary N) is 2. The highest BCUT2D eigenvalue weighted by Gasteiger charge is 2.14. The molecular weight excluding hydrogens is 240 g/mol. The van der Waals surface area contributed by atoms with Gasteiger partial charge in [-0.2, -0.15) is 4.98 Å². The molecule has 106 valence electrons. The maximum absolute atomic E-state index is 5.90. The number of nitrogens with zero attached hydrogens (tertiary/aromatic N) is 3. The van der Waals surface area contributed by atoms with Gasteiger partial charge in [-0.3, -0.25) is 4.90 Å². The van der Waals surface area contributed by atoms with E-state index in [-0.39, 0.29) is 5.54 Å². The molecule has 0 amide bonds. The number of rotatable bonds is 4. The molecule has 0 saturated carbocycles. The Hall–Kier alpha value is -1.56.